The normalized spacial score (nSPS) is 13.5. The van der Waals surface area contributed by atoms with Crippen molar-refractivity contribution in [2.24, 2.45) is 0 Å². The van der Waals surface area contributed by atoms with E-state index in [-0.39, 0.29) is 0 Å². The van der Waals surface area contributed by atoms with Gasteiger partial charge >= 0.3 is 0 Å². The monoisotopic (exact) mass is 617 g/mol. The van der Waals surface area contributed by atoms with Crippen molar-refractivity contribution in [3.63, 3.8) is 0 Å². The minimum Gasteiger partial charge on any atom is -0.199 e. The first kappa shape index (κ1) is 40.6. The van der Waals surface area contributed by atoms with Gasteiger partial charge in [0, 0.05) is 0 Å². The topological polar surface area (TPSA) is 0 Å². The summed E-state index contributed by atoms with van der Waals surface area (Å²) in [6.07, 6.45) is 33.6. The Balaban J connectivity index is 3.31. The third kappa shape index (κ3) is 13.1. The van der Waals surface area contributed by atoms with Gasteiger partial charge in [-0.3, -0.25) is 0 Å². The molecule has 0 bridgehead atoms. The lowest BCUT2D eigenvalue weighted by atomic mass is 10.0. The van der Waals surface area contributed by atoms with Crippen molar-refractivity contribution < 1.29 is 0 Å². The van der Waals surface area contributed by atoms with Crippen LogP contribution in [0.4, 0.5) is 0 Å². The Morgan fingerprint density at radius 2 is 0.628 bits per heavy atom. The molecule has 1 aromatic carbocycles. The first-order valence-corrected chi connectivity index (χ1v) is 21.0. The Kier molecular flexibility index (Phi) is 20.9. The molecule has 0 spiro atoms. The molecule has 0 nitrogen and oxygen atoms in total. The zero-order valence-electron chi connectivity index (χ0n) is 31.3. The van der Waals surface area contributed by atoms with E-state index in [0.717, 1.165) is 0 Å². The van der Waals surface area contributed by atoms with E-state index in [1.807, 2.05) is 0 Å². The summed E-state index contributed by atoms with van der Waals surface area (Å²) in [5.41, 5.74) is 0. The Morgan fingerprint density at radius 1 is 0.372 bits per heavy atom. The third-order valence-electron chi connectivity index (χ3n) is 10.7. The molecule has 0 atom stereocenters. The highest BCUT2D eigenvalue weighted by Crippen LogP contribution is 2.81. The summed E-state index contributed by atoms with van der Waals surface area (Å²) >= 11 is 0. The molecule has 0 saturated carbocycles. The fourth-order valence-electron chi connectivity index (χ4n) is 8.81. The smallest absolute Gasteiger partial charge is 0.000626 e. The van der Waals surface area contributed by atoms with Gasteiger partial charge in [-0.25, -0.2) is 0 Å². The van der Waals surface area contributed by atoms with E-state index in [1.54, 1.807) is 4.90 Å². The predicted octanol–water partition coefficient (Wildman–Crippen LogP) is 15.6. The number of unbranched alkanes of at least 4 members (excludes halogenated alkanes) is 18. The van der Waals surface area contributed by atoms with E-state index in [0.29, 0.717) is 14.2 Å². The number of hydrogen-bond donors (Lipinski definition) is 0. The second kappa shape index (κ2) is 22.2. The van der Waals surface area contributed by atoms with Crippen LogP contribution in [0.5, 0.6) is 0 Å². The number of rotatable bonds is 28. The van der Waals surface area contributed by atoms with Gasteiger partial charge in [0.25, 0.3) is 0 Å². The van der Waals surface area contributed by atoms with Crippen LogP contribution >= 0.6 is 10.0 Å². The van der Waals surface area contributed by atoms with Gasteiger partial charge in [0.15, 0.2) is 0 Å². The minimum atomic E-state index is -1.21. The van der Waals surface area contributed by atoms with Crippen LogP contribution in [0.2, 0.25) is 0 Å². The summed E-state index contributed by atoms with van der Waals surface area (Å²) in [6.45, 7) is 23.3. The Labute approximate surface area is 275 Å². The van der Waals surface area contributed by atoms with E-state index >= 15 is 0 Å². The van der Waals surface area contributed by atoms with Gasteiger partial charge in [-0.15, -0.1) is 0 Å². The van der Waals surface area contributed by atoms with Gasteiger partial charge in [-0.2, -0.15) is 10.0 Å². The SMILES string of the molecule is CCCCCCCCCC(C)(C)S(c1ccccc1)(C(C)(C)CCCCCCCCC)C(C)(C)CCCCCCCCC. The standard InChI is InChI=1S/C42H80S/c1-10-13-16-19-22-25-31-36-40(4,5)43(39-34-29-28-30-35-39,41(6,7)37-32-26-23-20-17-14-11-2)42(8,9)38-33-27-24-21-18-15-12-3/h28-30,34-35H,10-27,31-33,36-38H2,1-9H3. The van der Waals surface area contributed by atoms with Crippen LogP contribution < -0.4 is 0 Å². The molecule has 0 aliphatic heterocycles. The van der Waals surface area contributed by atoms with E-state index in [4.69, 9.17) is 0 Å². The van der Waals surface area contributed by atoms with Crippen LogP contribution in [0.15, 0.2) is 35.2 Å². The molecular weight excluding hydrogens is 537 g/mol. The zero-order chi connectivity index (χ0) is 32.1. The van der Waals surface area contributed by atoms with Crippen molar-refractivity contribution in [3.8, 4) is 0 Å². The number of benzene rings is 1. The molecule has 0 aliphatic rings. The van der Waals surface area contributed by atoms with Gasteiger partial charge in [0.2, 0.25) is 0 Å². The first-order valence-electron chi connectivity index (χ1n) is 19.4. The first-order chi connectivity index (χ1) is 20.5. The van der Waals surface area contributed by atoms with Gasteiger partial charge in [0.05, 0.1) is 0 Å². The molecule has 0 aliphatic carbocycles. The van der Waals surface area contributed by atoms with Crippen molar-refractivity contribution >= 4 is 10.0 Å². The zero-order valence-corrected chi connectivity index (χ0v) is 32.1. The molecule has 1 rings (SSSR count). The maximum atomic E-state index is 2.71. The summed E-state index contributed by atoms with van der Waals surface area (Å²) in [5, 5.41) is 0. The molecule has 0 unspecified atom stereocenters. The molecule has 0 N–H and O–H groups in total. The van der Waals surface area contributed by atoms with Crippen LogP contribution in [-0.2, 0) is 0 Å². The van der Waals surface area contributed by atoms with Crippen LogP contribution in [0.3, 0.4) is 0 Å². The fourth-order valence-corrected chi connectivity index (χ4v) is 17.1. The Hall–Kier alpha value is -0.430. The predicted molar refractivity (Wildman–Crippen MR) is 202 cm³/mol. The van der Waals surface area contributed by atoms with Crippen LogP contribution in [0, 0.1) is 0 Å². The highest BCUT2D eigenvalue weighted by Gasteiger charge is 2.57. The maximum Gasteiger partial charge on any atom is -0.000626 e. The van der Waals surface area contributed by atoms with Gasteiger partial charge in [-0.05, 0) is 38.4 Å². The summed E-state index contributed by atoms with van der Waals surface area (Å²) in [6, 6.07) is 12.1. The molecule has 0 fully saturated rings. The summed E-state index contributed by atoms with van der Waals surface area (Å²) in [7, 11) is -1.21. The maximum absolute atomic E-state index is 2.71. The molecule has 0 saturated heterocycles. The lowest BCUT2D eigenvalue weighted by molar-refractivity contribution is 0.470. The van der Waals surface area contributed by atoms with Crippen molar-refractivity contribution in [3.05, 3.63) is 30.3 Å². The molecular formula is C42H80S. The van der Waals surface area contributed by atoms with Crippen molar-refractivity contribution in [1.82, 2.24) is 0 Å². The minimum absolute atomic E-state index is 0.299. The largest absolute Gasteiger partial charge is 0.199 e. The van der Waals surface area contributed by atoms with Gasteiger partial charge in [-0.1, -0.05) is 227 Å². The molecule has 0 radical (unpaired) electrons. The van der Waals surface area contributed by atoms with Crippen molar-refractivity contribution in [2.45, 2.75) is 236 Å². The lowest BCUT2D eigenvalue weighted by Gasteiger charge is -2.69. The number of hydrogen-bond acceptors (Lipinski definition) is 0. The lowest BCUT2D eigenvalue weighted by Crippen LogP contribution is -2.52. The third-order valence-corrected chi connectivity index (χ3v) is 17.3. The average Bonchev–Trinajstić information content (AvgIpc) is 2.96. The molecule has 0 amide bonds. The second-order valence-corrected chi connectivity index (χ2v) is 20.8. The van der Waals surface area contributed by atoms with Crippen LogP contribution in [0.25, 0.3) is 0 Å². The second-order valence-electron chi connectivity index (χ2n) is 15.8. The van der Waals surface area contributed by atoms with Crippen molar-refractivity contribution in [2.75, 3.05) is 0 Å². The van der Waals surface area contributed by atoms with E-state index < -0.39 is 10.0 Å². The van der Waals surface area contributed by atoms with Crippen molar-refractivity contribution in [1.29, 1.82) is 0 Å². The molecule has 0 heterocycles. The molecule has 0 aromatic heterocycles. The van der Waals surface area contributed by atoms with Gasteiger partial charge in [0.1, 0.15) is 0 Å². The van der Waals surface area contributed by atoms with Crippen LogP contribution in [-0.4, -0.2) is 14.2 Å². The Morgan fingerprint density at radius 3 is 0.907 bits per heavy atom. The van der Waals surface area contributed by atoms with E-state index in [2.05, 4.69) is 92.6 Å². The fraction of sp³-hybridized carbons (Fsp3) is 0.857. The van der Waals surface area contributed by atoms with E-state index in [9.17, 15) is 0 Å². The summed E-state index contributed by atoms with van der Waals surface area (Å²) in [4.78, 5) is 1.70. The molecule has 1 heteroatoms. The van der Waals surface area contributed by atoms with Crippen LogP contribution in [0.1, 0.15) is 216 Å². The Bertz CT molecular complexity index is 699. The molecule has 254 valence electrons. The summed E-state index contributed by atoms with van der Waals surface area (Å²) < 4.78 is 0.896. The molecule has 43 heavy (non-hydrogen) atoms. The summed E-state index contributed by atoms with van der Waals surface area (Å²) in [5.74, 6) is 0. The highest BCUT2D eigenvalue weighted by molar-refractivity contribution is 8.36. The van der Waals surface area contributed by atoms with E-state index in [1.165, 1.54) is 154 Å². The van der Waals surface area contributed by atoms with Gasteiger partial charge < -0.3 is 0 Å². The average molecular weight is 617 g/mol. The quantitative estimate of drug-likeness (QED) is 0.0822. The molecule has 1 aromatic rings. The highest BCUT2D eigenvalue weighted by atomic mass is 32.3.